The highest BCUT2D eigenvalue weighted by molar-refractivity contribution is 6.32. The summed E-state index contributed by atoms with van der Waals surface area (Å²) >= 11 is 5.67. The van der Waals surface area contributed by atoms with Crippen molar-refractivity contribution in [1.82, 2.24) is 4.68 Å². The van der Waals surface area contributed by atoms with Crippen molar-refractivity contribution in [3.63, 3.8) is 0 Å². The first-order valence-corrected chi connectivity index (χ1v) is 4.20. The monoisotopic (exact) mass is 213 g/mol. The van der Waals surface area contributed by atoms with Crippen molar-refractivity contribution in [1.29, 1.82) is 0 Å². The zero-order valence-electron chi connectivity index (χ0n) is 7.45. The molecule has 6 heteroatoms. The normalized spacial score (nSPS) is 9.50. The first-order valence-electron chi connectivity index (χ1n) is 3.82. The van der Waals surface area contributed by atoms with Gasteiger partial charge in [-0.25, -0.2) is 9.64 Å². The lowest BCUT2D eigenvalue weighted by molar-refractivity contribution is 0.0516. The molecule has 0 atom stereocenters. The molecular formula is C8H8ClN3O2. The van der Waals surface area contributed by atoms with Crippen LogP contribution in [-0.4, -0.2) is 17.3 Å². The summed E-state index contributed by atoms with van der Waals surface area (Å²) in [4.78, 5) is 14.4. The lowest BCUT2D eigenvalue weighted by Crippen LogP contribution is -2.17. The molecule has 0 amide bonds. The average Bonchev–Trinajstić information content (AvgIpc) is 2.44. The molecule has 1 aromatic rings. The van der Waals surface area contributed by atoms with Gasteiger partial charge in [-0.1, -0.05) is 11.6 Å². The van der Waals surface area contributed by atoms with Gasteiger partial charge in [0.15, 0.2) is 0 Å². The van der Waals surface area contributed by atoms with Gasteiger partial charge in [0.2, 0.25) is 5.69 Å². The van der Waals surface area contributed by atoms with Gasteiger partial charge in [0.25, 0.3) is 0 Å². The van der Waals surface area contributed by atoms with Crippen molar-refractivity contribution in [3.05, 3.63) is 28.3 Å². The predicted molar refractivity (Wildman–Crippen MR) is 51.8 cm³/mol. The van der Waals surface area contributed by atoms with Crippen molar-refractivity contribution >= 4 is 23.3 Å². The molecule has 0 unspecified atom stereocenters. The summed E-state index contributed by atoms with van der Waals surface area (Å²) in [6, 6.07) is 1.30. The smallest absolute Gasteiger partial charge is 0.355 e. The SMILES string of the molecule is [C-]#[N+]c1cc(C(=O)OCC)n(N)c1Cl. The summed E-state index contributed by atoms with van der Waals surface area (Å²) in [5.74, 6) is 4.86. The quantitative estimate of drug-likeness (QED) is 0.461. The molecular weight excluding hydrogens is 206 g/mol. The minimum absolute atomic E-state index is 0.0306. The maximum Gasteiger partial charge on any atom is 0.355 e. The van der Waals surface area contributed by atoms with Crippen LogP contribution in [0, 0.1) is 6.57 Å². The van der Waals surface area contributed by atoms with Gasteiger partial charge in [-0.15, -0.1) is 0 Å². The standard InChI is InChI=1S/C8H8ClN3O2/c1-3-14-8(13)6-4-5(11-2)7(9)12(6)10/h4H,3,10H2,1H3. The molecule has 0 spiro atoms. The zero-order valence-corrected chi connectivity index (χ0v) is 8.21. The zero-order chi connectivity index (χ0) is 10.7. The second-order valence-electron chi connectivity index (χ2n) is 2.41. The Labute approximate surface area is 85.8 Å². The largest absolute Gasteiger partial charge is 0.461 e. The van der Waals surface area contributed by atoms with Crippen molar-refractivity contribution in [3.8, 4) is 0 Å². The molecule has 0 saturated carbocycles. The van der Waals surface area contributed by atoms with Crippen LogP contribution in [-0.2, 0) is 4.74 Å². The average molecular weight is 214 g/mol. The van der Waals surface area contributed by atoms with Crippen molar-refractivity contribution in [2.75, 3.05) is 12.4 Å². The Bertz CT molecular complexity index is 405. The van der Waals surface area contributed by atoms with Crippen LogP contribution in [0.4, 0.5) is 5.69 Å². The molecule has 0 radical (unpaired) electrons. The Kier molecular flexibility index (Phi) is 2.99. The van der Waals surface area contributed by atoms with Gasteiger partial charge in [0, 0.05) is 0 Å². The van der Waals surface area contributed by atoms with Crippen LogP contribution < -0.4 is 5.84 Å². The van der Waals surface area contributed by atoms with E-state index in [2.05, 4.69) is 4.85 Å². The van der Waals surface area contributed by atoms with Gasteiger partial charge in [-0.3, -0.25) is 4.68 Å². The van der Waals surface area contributed by atoms with Crippen LogP contribution in [0.2, 0.25) is 5.15 Å². The molecule has 14 heavy (non-hydrogen) atoms. The molecule has 74 valence electrons. The van der Waals surface area contributed by atoms with E-state index in [4.69, 9.17) is 28.8 Å². The summed E-state index contributed by atoms with van der Waals surface area (Å²) in [5, 5.41) is 0.0306. The molecule has 1 rings (SSSR count). The van der Waals surface area contributed by atoms with Gasteiger partial charge < -0.3 is 10.6 Å². The third kappa shape index (κ3) is 1.65. The number of esters is 1. The highest BCUT2D eigenvalue weighted by Gasteiger charge is 2.17. The Balaban J connectivity index is 3.12. The molecule has 0 bridgehead atoms. The van der Waals surface area contributed by atoms with E-state index < -0.39 is 5.97 Å². The molecule has 0 aromatic carbocycles. The van der Waals surface area contributed by atoms with E-state index in [0.29, 0.717) is 0 Å². The number of hydrogen-bond acceptors (Lipinski definition) is 3. The maximum absolute atomic E-state index is 11.3. The van der Waals surface area contributed by atoms with Crippen LogP contribution in [0.25, 0.3) is 4.85 Å². The Morgan fingerprint density at radius 1 is 1.86 bits per heavy atom. The molecule has 0 saturated heterocycles. The summed E-state index contributed by atoms with van der Waals surface area (Å²) < 4.78 is 5.66. The van der Waals surface area contributed by atoms with Crippen LogP contribution >= 0.6 is 11.6 Å². The lowest BCUT2D eigenvalue weighted by Gasteiger charge is -2.03. The van der Waals surface area contributed by atoms with Gasteiger partial charge in [-0.05, 0) is 13.0 Å². The Morgan fingerprint density at radius 3 is 2.93 bits per heavy atom. The van der Waals surface area contributed by atoms with E-state index in [1.54, 1.807) is 6.92 Å². The molecule has 0 aliphatic rings. The van der Waals surface area contributed by atoms with Crippen LogP contribution in [0.15, 0.2) is 6.07 Å². The second-order valence-corrected chi connectivity index (χ2v) is 2.77. The second kappa shape index (κ2) is 4.03. The van der Waals surface area contributed by atoms with Crippen molar-refractivity contribution < 1.29 is 9.53 Å². The number of nitrogens with two attached hydrogens (primary N) is 1. The molecule has 1 heterocycles. The van der Waals surface area contributed by atoms with E-state index in [1.807, 2.05) is 0 Å². The van der Waals surface area contributed by atoms with Crippen LogP contribution in [0.1, 0.15) is 17.4 Å². The van der Waals surface area contributed by atoms with Gasteiger partial charge >= 0.3 is 5.97 Å². The number of nitrogen functional groups attached to an aromatic ring is 1. The van der Waals surface area contributed by atoms with Gasteiger partial charge in [0.05, 0.1) is 13.2 Å². The number of carbonyl (C=O) groups is 1. The van der Waals surface area contributed by atoms with E-state index >= 15 is 0 Å². The fourth-order valence-electron chi connectivity index (χ4n) is 0.928. The summed E-state index contributed by atoms with van der Waals surface area (Å²) in [7, 11) is 0. The highest BCUT2D eigenvalue weighted by Crippen LogP contribution is 2.27. The minimum Gasteiger partial charge on any atom is -0.461 e. The van der Waals surface area contributed by atoms with E-state index in [-0.39, 0.29) is 23.1 Å². The predicted octanol–water partition coefficient (Wildman–Crippen LogP) is 1.58. The number of halogens is 1. The third-order valence-corrected chi connectivity index (χ3v) is 1.94. The molecule has 0 aliphatic carbocycles. The Morgan fingerprint density at radius 2 is 2.50 bits per heavy atom. The fraction of sp³-hybridized carbons (Fsp3) is 0.250. The third-order valence-electron chi connectivity index (χ3n) is 1.56. The first kappa shape index (κ1) is 10.4. The lowest BCUT2D eigenvalue weighted by atomic mass is 10.4. The molecule has 1 aromatic heterocycles. The summed E-state index contributed by atoms with van der Waals surface area (Å²) in [6.45, 7) is 8.68. The van der Waals surface area contributed by atoms with Crippen LogP contribution in [0.5, 0.6) is 0 Å². The maximum atomic E-state index is 11.3. The first-order chi connectivity index (χ1) is 6.61. The number of ether oxygens (including phenoxy) is 1. The van der Waals surface area contributed by atoms with Crippen molar-refractivity contribution in [2.24, 2.45) is 0 Å². The van der Waals surface area contributed by atoms with Gasteiger partial charge in [0.1, 0.15) is 10.8 Å². The molecule has 0 fully saturated rings. The number of rotatable bonds is 2. The van der Waals surface area contributed by atoms with E-state index in [0.717, 1.165) is 4.68 Å². The molecule has 5 nitrogen and oxygen atoms in total. The molecule has 0 aliphatic heterocycles. The van der Waals surface area contributed by atoms with Crippen LogP contribution in [0.3, 0.4) is 0 Å². The number of hydrogen-bond donors (Lipinski definition) is 1. The van der Waals surface area contributed by atoms with E-state index in [1.165, 1.54) is 6.07 Å². The summed E-state index contributed by atoms with van der Waals surface area (Å²) in [6.07, 6.45) is 0. The minimum atomic E-state index is -0.591. The number of aromatic nitrogens is 1. The number of nitrogens with zero attached hydrogens (tertiary/aromatic N) is 2. The topological polar surface area (TPSA) is 61.6 Å². The van der Waals surface area contributed by atoms with Gasteiger partial charge in [-0.2, -0.15) is 0 Å². The van der Waals surface area contributed by atoms with Crippen molar-refractivity contribution in [2.45, 2.75) is 6.92 Å². The van der Waals surface area contributed by atoms with E-state index in [9.17, 15) is 4.79 Å². The number of carbonyl (C=O) groups excluding carboxylic acids is 1. The highest BCUT2D eigenvalue weighted by atomic mass is 35.5. The Hall–Kier alpha value is -1.67. The summed E-state index contributed by atoms with van der Waals surface area (Å²) in [5.41, 5.74) is 0.208. The fourth-order valence-corrected chi connectivity index (χ4v) is 1.12. The molecule has 2 N–H and O–H groups in total.